The Morgan fingerprint density at radius 3 is 2.65 bits per heavy atom. The topological polar surface area (TPSA) is 64.1 Å². The van der Waals surface area contributed by atoms with Gasteiger partial charge in [-0.15, -0.1) is 0 Å². The molecule has 114 valence electrons. The van der Waals surface area contributed by atoms with Crippen molar-refractivity contribution in [3.63, 3.8) is 0 Å². The Balaban J connectivity index is 1.85. The van der Waals surface area contributed by atoms with Crippen LogP contribution in [0.2, 0.25) is 0 Å². The fourth-order valence-corrected chi connectivity index (χ4v) is 3.29. The van der Waals surface area contributed by atoms with Crippen molar-refractivity contribution in [1.29, 1.82) is 0 Å². The van der Waals surface area contributed by atoms with Gasteiger partial charge in [-0.05, 0) is 32.4 Å². The van der Waals surface area contributed by atoms with Crippen LogP contribution in [-0.2, 0) is 4.79 Å². The van der Waals surface area contributed by atoms with E-state index in [2.05, 4.69) is 11.8 Å². The minimum Gasteiger partial charge on any atom is -0.481 e. The number of aliphatic carboxylic acids is 1. The third-order valence-corrected chi connectivity index (χ3v) is 4.52. The van der Waals surface area contributed by atoms with Gasteiger partial charge in [0.1, 0.15) is 0 Å². The van der Waals surface area contributed by atoms with E-state index in [1.54, 1.807) is 9.80 Å². The Bertz CT molecular complexity index is 375. The molecule has 2 aliphatic rings. The molecule has 2 atom stereocenters. The van der Waals surface area contributed by atoms with Gasteiger partial charge in [-0.2, -0.15) is 0 Å². The first-order valence-corrected chi connectivity index (χ1v) is 7.49. The van der Waals surface area contributed by atoms with Gasteiger partial charge in [-0.25, -0.2) is 4.79 Å². The van der Waals surface area contributed by atoms with Crippen molar-refractivity contribution in [2.45, 2.75) is 32.2 Å². The Morgan fingerprint density at radius 2 is 2.05 bits per heavy atom. The first-order chi connectivity index (χ1) is 9.52. The molecule has 6 nitrogen and oxygen atoms in total. The van der Waals surface area contributed by atoms with E-state index >= 15 is 0 Å². The van der Waals surface area contributed by atoms with Crippen molar-refractivity contribution in [3.05, 3.63) is 0 Å². The van der Waals surface area contributed by atoms with Gasteiger partial charge in [0, 0.05) is 32.7 Å². The molecule has 2 fully saturated rings. The summed E-state index contributed by atoms with van der Waals surface area (Å²) in [7, 11) is 1.82. The first kappa shape index (κ1) is 15.1. The monoisotopic (exact) mass is 283 g/mol. The molecule has 2 amide bonds. The summed E-state index contributed by atoms with van der Waals surface area (Å²) in [6.07, 6.45) is 2.91. The minimum atomic E-state index is -0.795. The standard InChI is InChI=1S/C14H25N3O3/c1-3-16-7-4-5-12(16)10-15(2)14(20)17-8-6-11(9-17)13(18)19/h11-12H,3-10H2,1-2H3,(H,18,19). The number of urea groups is 1. The Kier molecular flexibility index (Phi) is 4.86. The van der Waals surface area contributed by atoms with Gasteiger partial charge in [-0.3, -0.25) is 9.69 Å². The second kappa shape index (κ2) is 6.43. The second-order valence-corrected chi connectivity index (χ2v) is 5.86. The summed E-state index contributed by atoms with van der Waals surface area (Å²) in [5.74, 6) is -1.19. The SMILES string of the molecule is CCN1CCCC1CN(C)C(=O)N1CCC(C(=O)O)C1. The number of hydrogen-bond acceptors (Lipinski definition) is 3. The normalized spacial score (nSPS) is 27.0. The second-order valence-electron chi connectivity index (χ2n) is 5.86. The smallest absolute Gasteiger partial charge is 0.319 e. The Labute approximate surface area is 120 Å². The van der Waals surface area contributed by atoms with Crippen LogP contribution in [0.5, 0.6) is 0 Å². The van der Waals surface area contributed by atoms with E-state index < -0.39 is 11.9 Å². The van der Waals surface area contributed by atoms with Crippen LogP contribution in [0.3, 0.4) is 0 Å². The number of carboxylic acids is 1. The Morgan fingerprint density at radius 1 is 1.30 bits per heavy atom. The number of carbonyl (C=O) groups is 2. The Hall–Kier alpha value is -1.30. The van der Waals surface area contributed by atoms with Gasteiger partial charge in [-0.1, -0.05) is 6.92 Å². The molecule has 0 aromatic heterocycles. The largest absolute Gasteiger partial charge is 0.481 e. The third-order valence-electron chi connectivity index (χ3n) is 4.52. The lowest BCUT2D eigenvalue weighted by molar-refractivity contribution is -0.141. The lowest BCUT2D eigenvalue weighted by Crippen LogP contribution is -2.46. The highest BCUT2D eigenvalue weighted by Crippen LogP contribution is 2.20. The number of likely N-dealkylation sites (tertiary alicyclic amines) is 2. The molecule has 0 saturated carbocycles. The summed E-state index contributed by atoms with van der Waals surface area (Å²) >= 11 is 0. The molecule has 0 bridgehead atoms. The van der Waals surface area contributed by atoms with E-state index in [0.29, 0.717) is 25.6 Å². The van der Waals surface area contributed by atoms with Crippen LogP contribution in [0, 0.1) is 5.92 Å². The van der Waals surface area contributed by atoms with Gasteiger partial charge in [0.05, 0.1) is 5.92 Å². The van der Waals surface area contributed by atoms with E-state index in [4.69, 9.17) is 5.11 Å². The van der Waals surface area contributed by atoms with Crippen LogP contribution >= 0.6 is 0 Å². The fourth-order valence-electron chi connectivity index (χ4n) is 3.29. The molecule has 1 N–H and O–H groups in total. The zero-order chi connectivity index (χ0) is 14.7. The summed E-state index contributed by atoms with van der Waals surface area (Å²) < 4.78 is 0. The molecule has 0 spiro atoms. The molecule has 0 aromatic rings. The van der Waals surface area contributed by atoms with Crippen molar-refractivity contribution < 1.29 is 14.7 Å². The molecule has 2 unspecified atom stereocenters. The number of amides is 2. The summed E-state index contributed by atoms with van der Waals surface area (Å²) in [6, 6.07) is 0.420. The molecule has 6 heteroatoms. The van der Waals surface area contributed by atoms with Crippen LogP contribution in [0.4, 0.5) is 4.79 Å². The fraction of sp³-hybridized carbons (Fsp3) is 0.857. The van der Waals surface area contributed by atoms with Crippen LogP contribution in [0.25, 0.3) is 0 Å². The van der Waals surface area contributed by atoms with Gasteiger partial charge >= 0.3 is 12.0 Å². The maximum Gasteiger partial charge on any atom is 0.319 e. The first-order valence-electron chi connectivity index (χ1n) is 7.49. The zero-order valence-corrected chi connectivity index (χ0v) is 12.4. The van der Waals surface area contributed by atoms with Gasteiger partial charge < -0.3 is 14.9 Å². The van der Waals surface area contributed by atoms with E-state index in [1.165, 1.54) is 6.42 Å². The predicted octanol–water partition coefficient (Wildman–Crippen LogP) is 0.929. The van der Waals surface area contributed by atoms with Crippen molar-refractivity contribution >= 4 is 12.0 Å². The van der Waals surface area contributed by atoms with E-state index in [9.17, 15) is 9.59 Å². The average Bonchev–Trinajstić information content (AvgIpc) is 3.06. The molecule has 20 heavy (non-hydrogen) atoms. The van der Waals surface area contributed by atoms with Crippen molar-refractivity contribution in [3.8, 4) is 0 Å². The van der Waals surface area contributed by atoms with Crippen molar-refractivity contribution in [2.75, 3.05) is 39.8 Å². The summed E-state index contributed by atoms with van der Waals surface area (Å²) in [5, 5.41) is 8.99. The zero-order valence-electron chi connectivity index (χ0n) is 12.4. The summed E-state index contributed by atoms with van der Waals surface area (Å²) in [4.78, 5) is 29.1. The lowest BCUT2D eigenvalue weighted by Gasteiger charge is -2.30. The number of likely N-dealkylation sites (N-methyl/N-ethyl adjacent to an activating group) is 2. The molecule has 0 aromatic carbocycles. The molecular weight excluding hydrogens is 258 g/mol. The van der Waals surface area contributed by atoms with Gasteiger partial charge in [0.2, 0.25) is 0 Å². The quantitative estimate of drug-likeness (QED) is 0.833. The van der Waals surface area contributed by atoms with Gasteiger partial charge in [0.15, 0.2) is 0 Å². The number of carboxylic acid groups (broad SMARTS) is 1. The molecular formula is C14H25N3O3. The van der Waals surface area contributed by atoms with Crippen molar-refractivity contribution in [2.24, 2.45) is 5.92 Å². The number of hydrogen-bond donors (Lipinski definition) is 1. The molecule has 2 aliphatic heterocycles. The third kappa shape index (κ3) is 3.23. The van der Waals surface area contributed by atoms with E-state index in [1.807, 2.05) is 7.05 Å². The van der Waals surface area contributed by atoms with Crippen LogP contribution < -0.4 is 0 Å². The van der Waals surface area contributed by atoms with E-state index in [-0.39, 0.29) is 6.03 Å². The summed E-state index contributed by atoms with van der Waals surface area (Å²) in [6.45, 7) is 5.94. The van der Waals surface area contributed by atoms with Crippen LogP contribution in [-0.4, -0.2) is 77.6 Å². The molecule has 0 radical (unpaired) electrons. The maximum atomic E-state index is 12.3. The van der Waals surface area contributed by atoms with Crippen LogP contribution in [0.1, 0.15) is 26.2 Å². The lowest BCUT2D eigenvalue weighted by atomic mass is 10.1. The molecule has 2 heterocycles. The minimum absolute atomic E-state index is 0.0308. The van der Waals surface area contributed by atoms with E-state index in [0.717, 1.165) is 26.1 Å². The van der Waals surface area contributed by atoms with Crippen LogP contribution in [0.15, 0.2) is 0 Å². The maximum absolute atomic E-state index is 12.3. The van der Waals surface area contributed by atoms with Gasteiger partial charge in [0.25, 0.3) is 0 Å². The number of nitrogens with zero attached hydrogens (tertiary/aromatic N) is 3. The highest BCUT2D eigenvalue weighted by Gasteiger charge is 2.33. The molecule has 0 aliphatic carbocycles. The molecule has 2 rings (SSSR count). The number of rotatable bonds is 4. The number of carbonyl (C=O) groups excluding carboxylic acids is 1. The molecule has 2 saturated heterocycles. The highest BCUT2D eigenvalue weighted by molar-refractivity contribution is 5.77. The highest BCUT2D eigenvalue weighted by atomic mass is 16.4. The average molecular weight is 283 g/mol. The van der Waals surface area contributed by atoms with Crippen molar-refractivity contribution in [1.82, 2.24) is 14.7 Å². The predicted molar refractivity (Wildman–Crippen MR) is 75.6 cm³/mol. The summed E-state index contributed by atoms with van der Waals surface area (Å²) in [5.41, 5.74) is 0.